The summed E-state index contributed by atoms with van der Waals surface area (Å²) in [6.45, 7) is 2.93. The van der Waals surface area contributed by atoms with Gasteiger partial charge in [-0.3, -0.25) is 9.69 Å². The van der Waals surface area contributed by atoms with Crippen molar-refractivity contribution in [2.75, 3.05) is 26.2 Å². The summed E-state index contributed by atoms with van der Waals surface area (Å²) in [7, 11) is 0. The molecule has 1 fully saturated rings. The van der Waals surface area contributed by atoms with Gasteiger partial charge in [0.15, 0.2) is 0 Å². The molecule has 0 saturated carbocycles. The monoisotopic (exact) mass is 180 g/mol. The van der Waals surface area contributed by atoms with Crippen LogP contribution in [0.1, 0.15) is 19.3 Å². The van der Waals surface area contributed by atoms with E-state index < -0.39 is 0 Å². The van der Waals surface area contributed by atoms with Crippen LogP contribution in [0.3, 0.4) is 0 Å². The molecule has 0 unspecified atom stereocenters. The maximum Gasteiger partial charge on any atom is 0.234 e. The number of carbonyl (C=O) groups is 1. The molecular weight excluding hydrogens is 164 g/mol. The van der Waals surface area contributed by atoms with E-state index in [1.807, 2.05) is 0 Å². The second-order valence-corrected chi connectivity index (χ2v) is 3.32. The van der Waals surface area contributed by atoms with Gasteiger partial charge in [-0.2, -0.15) is 0 Å². The number of piperidine rings is 1. The van der Waals surface area contributed by atoms with Crippen molar-refractivity contribution in [2.24, 2.45) is 0 Å². The molecule has 0 radical (unpaired) electrons. The first-order valence-corrected chi connectivity index (χ1v) is 4.75. The smallest absolute Gasteiger partial charge is 0.234 e. The van der Waals surface area contributed by atoms with Crippen LogP contribution < -0.4 is 5.32 Å². The number of hydrogen-bond acceptors (Lipinski definition) is 2. The van der Waals surface area contributed by atoms with Crippen LogP contribution in [0.25, 0.3) is 0 Å². The Kier molecular flexibility index (Phi) is 4.34. The third-order valence-corrected chi connectivity index (χ3v) is 2.20. The van der Waals surface area contributed by atoms with Gasteiger partial charge in [0.2, 0.25) is 5.91 Å². The molecular formula is C10H16N2O. The van der Waals surface area contributed by atoms with Gasteiger partial charge in [0, 0.05) is 0 Å². The van der Waals surface area contributed by atoms with E-state index in [1.165, 1.54) is 19.3 Å². The predicted molar refractivity (Wildman–Crippen MR) is 52.1 cm³/mol. The van der Waals surface area contributed by atoms with Crippen LogP contribution in [-0.2, 0) is 4.79 Å². The molecule has 1 amide bonds. The Balaban J connectivity index is 2.15. The molecule has 72 valence electrons. The van der Waals surface area contributed by atoms with E-state index in [4.69, 9.17) is 6.42 Å². The molecule has 0 atom stereocenters. The van der Waals surface area contributed by atoms with Gasteiger partial charge in [0.05, 0.1) is 13.1 Å². The predicted octanol–water partition coefficient (Wildman–Crippen LogP) is 0.222. The SMILES string of the molecule is C#CCNC(=O)CN1CCCCC1. The molecule has 3 heteroatoms. The second kappa shape index (κ2) is 5.60. The molecule has 1 saturated heterocycles. The molecule has 0 aliphatic carbocycles. The van der Waals surface area contributed by atoms with Gasteiger partial charge >= 0.3 is 0 Å². The summed E-state index contributed by atoms with van der Waals surface area (Å²) in [5.41, 5.74) is 0. The van der Waals surface area contributed by atoms with Crippen molar-refractivity contribution < 1.29 is 4.79 Å². The van der Waals surface area contributed by atoms with Crippen molar-refractivity contribution in [1.29, 1.82) is 0 Å². The summed E-state index contributed by atoms with van der Waals surface area (Å²) in [5.74, 6) is 2.43. The minimum atomic E-state index is 0.0415. The van der Waals surface area contributed by atoms with Gasteiger partial charge < -0.3 is 5.32 Å². The number of nitrogens with zero attached hydrogens (tertiary/aromatic N) is 1. The van der Waals surface area contributed by atoms with E-state index in [-0.39, 0.29) is 5.91 Å². The fourth-order valence-corrected chi connectivity index (χ4v) is 1.53. The first kappa shape index (κ1) is 10.1. The maximum absolute atomic E-state index is 11.2. The molecule has 13 heavy (non-hydrogen) atoms. The highest BCUT2D eigenvalue weighted by Gasteiger charge is 2.12. The molecule has 0 aromatic carbocycles. The van der Waals surface area contributed by atoms with Crippen LogP contribution in [-0.4, -0.2) is 37.0 Å². The van der Waals surface area contributed by atoms with Crippen molar-refractivity contribution in [3.8, 4) is 12.3 Å². The summed E-state index contributed by atoms with van der Waals surface area (Å²) in [6, 6.07) is 0. The Morgan fingerprint density at radius 1 is 1.38 bits per heavy atom. The van der Waals surface area contributed by atoms with Gasteiger partial charge in [0.1, 0.15) is 0 Å². The zero-order valence-electron chi connectivity index (χ0n) is 7.88. The first-order chi connectivity index (χ1) is 6.33. The van der Waals surface area contributed by atoms with E-state index in [9.17, 15) is 4.79 Å². The largest absolute Gasteiger partial charge is 0.344 e. The van der Waals surface area contributed by atoms with Crippen LogP contribution in [0.2, 0.25) is 0 Å². The Bertz CT molecular complexity index is 201. The zero-order valence-corrected chi connectivity index (χ0v) is 7.88. The number of terminal acetylenes is 1. The Hall–Kier alpha value is -1.01. The van der Waals surface area contributed by atoms with Crippen molar-refractivity contribution in [3.63, 3.8) is 0 Å². The van der Waals surface area contributed by atoms with E-state index in [0.717, 1.165) is 13.1 Å². The number of rotatable bonds is 3. The Labute approximate surface area is 79.5 Å². The van der Waals surface area contributed by atoms with Crippen molar-refractivity contribution in [3.05, 3.63) is 0 Å². The summed E-state index contributed by atoms with van der Waals surface area (Å²) >= 11 is 0. The van der Waals surface area contributed by atoms with E-state index >= 15 is 0 Å². The van der Waals surface area contributed by atoms with Crippen molar-refractivity contribution in [1.82, 2.24) is 10.2 Å². The number of carbonyl (C=O) groups excluding carboxylic acids is 1. The number of nitrogens with one attached hydrogen (secondary N) is 1. The molecule has 1 aliphatic heterocycles. The van der Waals surface area contributed by atoms with E-state index in [2.05, 4.69) is 16.1 Å². The highest BCUT2D eigenvalue weighted by atomic mass is 16.2. The lowest BCUT2D eigenvalue weighted by Crippen LogP contribution is -2.39. The summed E-state index contributed by atoms with van der Waals surface area (Å²) in [6.07, 6.45) is 8.75. The lowest BCUT2D eigenvalue weighted by molar-refractivity contribution is -0.122. The molecule has 0 aromatic rings. The third-order valence-electron chi connectivity index (χ3n) is 2.20. The van der Waals surface area contributed by atoms with Gasteiger partial charge in [0.25, 0.3) is 0 Å². The maximum atomic E-state index is 11.2. The molecule has 1 heterocycles. The summed E-state index contributed by atoms with van der Waals surface area (Å²) in [4.78, 5) is 13.4. The third kappa shape index (κ3) is 3.95. The van der Waals surface area contributed by atoms with Crippen molar-refractivity contribution in [2.45, 2.75) is 19.3 Å². The van der Waals surface area contributed by atoms with Gasteiger partial charge in [-0.15, -0.1) is 6.42 Å². The summed E-state index contributed by atoms with van der Waals surface area (Å²) in [5, 5.41) is 2.66. The van der Waals surface area contributed by atoms with Crippen LogP contribution in [0.4, 0.5) is 0 Å². The lowest BCUT2D eigenvalue weighted by Gasteiger charge is -2.25. The van der Waals surface area contributed by atoms with E-state index in [1.54, 1.807) is 0 Å². The average Bonchev–Trinajstić information content (AvgIpc) is 2.16. The van der Waals surface area contributed by atoms with E-state index in [0.29, 0.717) is 13.1 Å². The highest BCUT2D eigenvalue weighted by molar-refractivity contribution is 5.78. The number of amides is 1. The van der Waals surface area contributed by atoms with Gasteiger partial charge in [-0.05, 0) is 25.9 Å². The molecule has 0 spiro atoms. The normalized spacial score (nSPS) is 17.8. The van der Waals surface area contributed by atoms with Crippen LogP contribution in [0.15, 0.2) is 0 Å². The minimum Gasteiger partial charge on any atom is -0.344 e. The Morgan fingerprint density at radius 3 is 2.69 bits per heavy atom. The molecule has 1 rings (SSSR count). The minimum absolute atomic E-state index is 0.0415. The van der Waals surface area contributed by atoms with Crippen LogP contribution in [0, 0.1) is 12.3 Å². The Morgan fingerprint density at radius 2 is 2.08 bits per heavy atom. The molecule has 0 bridgehead atoms. The summed E-state index contributed by atoms with van der Waals surface area (Å²) < 4.78 is 0. The van der Waals surface area contributed by atoms with Crippen LogP contribution >= 0.6 is 0 Å². The standard InChI is InChI=1S/C10H16N2O/c1-2-6-11-10(13)9-12-7-4-3-5-8-12/h1H,3-9H2,(H,11,13). The molecule has 3 nitrogen and oxygen atoms in total. The number of likely N-dealkylation sites (tertiary alicyclic amines) is 1. The highest BCUT2D eigenvalue weighted by Crippen LogP contribution is 2.07. The topological polar surface area (TPSA) is 32.3 Å². The number of hydrogen-bond donors (Lipinski definition) is 1. The average molecular weight is 180 g/mol. The lowest BCUT2D eigenvalue weighted by atomic mass is 10.1. The van der Waals surface area contributed by atoms with Crippen LogP contribution in [0.5, 0.6) is 0 Å². The first-order valence-electron chi connectivity index (χ1n) is 4.75. The van der Waals surface area contributed by atoms with Crippen molar-refractivity contribution >= 4 is 5.91 Å². The molecule has 1 aliphatic rings. The fourth-order valence-electron chi connectivity index (χ4n) is 1.53. The van der Waals surface area contributed by atoms with Gasteiger partial charge in [-0.1, -0.05) is 12.3 Å². The quantitative estimate of drug-likeness (QED) is 0.630. The molecule has 0 aromatic heterocycles. The van der Waals surface area contributed by atoms with Gasteiger partial charge in [-0.25, -0.2) is 0 Å². The zero-order chi connectivity index (χ0) is 9.52. The second-order valence-electron chi connectivity index (χ2n) is 3.32. The molecule has 1 N–H and O–H groups in total. The fraction of sp³-hybridized carbons (Fsp3) is 0.700.